The van der Waals surface area contributed by atoms with Crippen LogP contribution in [0.5, 0.6) is 0 Å². The molecule has 4 rings (SSSR count). The van der Waals surface area contributed by atoms with Gasteiger partial charge in [0.15, 0.2) is 0 Å². The van der Waals surface area contributed by atoms with Gasteiger partial charge in [-0.1, -0.05) is 0 Å². The van der Waals surface area contributed by atoms with Crippen LogP contribution in [0, 0.1) is 0 Å². The number of carbonyl (C=O) groups is 1. The fraction of sp³-hybridized carbons (Fsp3) is 0.667. The summed E-state index contributed by atoms with van der Waals surface area (Å²) in [6.07, 6.45) is 6.69. The van der Waals surface area contributed by atoms with Crippen molar-refractivity contribution in [3.8, 4) is 0 Å². The van der Waals surface area contributed by atoms with Gasteiger partial charge in [-0.05, 0) is 53.7 Å². The van der Waals surface area contributed by atoms with Gasteiger partial charge in [0.05, 0.1) is 12.2 Å². The minimum atomic E-state index is 0.336. The Hall–Kier alpha value is -0.980. The van der Waals surface area contributed by atoms with E-state index < -0.39 is 0 Å². The monoisotopic (exact) mass is 392 g/mol. The molecule has 0 radical (unpaired) electrons. The third-order valence-electron chi connectivity index (χ3n) is 5.67. The Morgan fingerprint density at radius 3 is 2.54 bits per heavy atom. The molecule has 4 heterocycles. The molecule has 2 bridgehead atoms. The third kappa shape index (κ3) is 3.51. The Kier molecular flexibility index (Phi) is 4.88. The average molecular weight is 393 g/mol. The van der Waals surface area contributed by atoms with Gasteiger partial charge in [0.1, 0.15) is 0 Å². The molecule has 6 heteroatoms. The summed E-state index contributed by atoms with van der Waals surface area (Å²) >= 11 is 3.44. The molecule has 2 atom stereocenters. The summed E-state index contributed by atoms with van der Waals surface area (Å²) in [7, 11) is 0. The van der Waals surface area contributed by atoms with E-state index in [0.29, 0.717) is 24.5 Å². The highest BCUT2D eigenvalue weighted by Gasteiger charge is 2.43. The van der Waals surface area contributed by atoms with Crippen molar-refractivity contribution in [3.05, 3.63) is 28.5 Å². The van der Waals surface area contributed by atoms with Gasteiger partial charge < -0.3 is 4.90 Å². The van der Waals surface area contributed by atoms with Crippen LogP contribution in [0.1, 0.15) is 31.4 Å². The molecule has 1 aromatic rings. The Morgan fingerprint density at radius 2 is 1.88 bits per heavy atom. The fourth-order valence-electron chi connectivity index (χ4n) is 4.34. The molecule has 130 valence electrons. The molecule has 2 unspecified atom stereocenters. The Bertz CT molecular complexity index is 587. The van der Waals surface area contributed by atoms with E-state index in [-0.39, 0.29) is 0 Å². The van der Waals surface area contributed by atoms with Crippen LogP contribution in [0.25, 0.3) is 0 Å². The minimum Gasteiger partial charge on any atom is -0.342 e. The van der Waals surface area contributed by atoms with Crippen LogP contribution >= 0.6 is 15.9 Å². The first-order valence-electron chi connectivity index (χ1n) is 9.05. The number of likely N-dealkylation sites (tertiary alicyclic amines) is 3. The Labute approximate surface area is 152 Å². The van der Waals surface area contributed by atoms with E-state index >= 15 is 0 Å². The van der Waals surface area contributed by atoms with Crippen molar-refractivity contribution in [1.82, 2.24) is 19.7 Å². The number of rotatable bonds is 4. The lowest BCUT2D eigenvalue weighted by Crippen LogP contribution is -2.50. The number of hydrogen-bond acceptors (Lipinski definition) is 4. The van der Waals surface area contributed by atoms with Crippen LogP contribution in [0.15, 0.2) is 22.8 Å². The summed E-state index contributed by atoms with van der Waals surface area (Å²) in [4.78, 5) is 24.0. The lowest BCUT2D eigenvalue weighted by molar-refractivity contribution is -0.133. The second kappa shape index (κ2) is 7.10. The van der Waals surface area contributed by atoms with Crippen LogP contribution in [-0.4, -0.2) is 70.4 Å². The van der Waals surface area contributed by atoms with Crippen molar-refractivity contribution < 1.29 is 4.79 Å². The van der Waals surface area contributed by atoms with Gasteiger partial charge in [0.25, 0.3) is 0 Å². The van der Waals surface area contributed by atoms with Crippen molar-refractivity contribution in [2.75, 3.05) is 32.7 Å². The van der Waals surface area contributed by atoms with Crippen molar-refractivity contribution >= 4 is 21.8 Å². The van der Waals surface area contributed by atoms with E-state index in [1.165, 1.54) is 25.7 Å². The first-order valence-corrected chi connectivity index (χ1v) is 9.84. The Morgan fingerprint density at radius 1 is 1.12 bits per heavy atom. The molecule has 3 saturated heterocycles. The molecule has 0 N–H and O–H groups in total. The second-order valence-electron chi connectivity index (χ2n) is 7.31. The topological polar surface area (TPSA) is 39.7 Å². The van der Waals surface area contributed by atoms with Gasteiger partial charge in [-0.2, -0.15) is 0 Å². The number of piperidine rings is 1. The van der Waals surface area contributed by atoms with E-state index in [1.54, 1.807) is 0 Å². The summed E-state index contributed by atoms with van der Waals surface area (Å²) in [5.41, 5.74) is 1.13. The summed E-state index contributed by atoms with van der Waals surface area (Å²) in [6, 6.07) is 5.27. The highest BCUT2D eigenvalue weighted by Crippen LogP contribution is 2.31. The number of halogens is 1. The van der Waals surface area contributed by atoms with Crippen LogP contribution in [0.3, 0.4) is 0 Å². The maximum atomic E-state index is 12.5. The number of fused-ring (bicyclic) bond motifs is 2. The van der Waals surface area contributed by atoms with E-state index in [1.807, 2.05) is 6.20 Å². The van der Waals surface area contributed by atoms with Gasteiger partial charge in [0.2, 0.25) is 5.91 Å². The highest BCUT2D eigenvalue weighted by molar-refractivity contribution is 9.10. The number of pyridine rings is 1. The maximum absolute atomic E-state index is 12.5. The van der Waals surface area contributed by atoms with E-state index in [9.17, 15) is 4.79 Å². The predicted octanol–water partition coefficient (Wildman–Crippen LogP) is 2.12. The summed E-state index contributed by atoms with van der Waals surface area (Å²) in [5, 5.41) is 0. The largest absolute Gasteiger partial charge is 0.342 e. The average Bonchev–Trinajstić information content (AvgIpc) is 3.17. The highest BCUT2D eigenvalue weighted by atomic mass is 79.9. The minimum absolute atomic E-state index is 0.336. The molecular formula is C18H25BrN4O. The van der Waals surface area contributed by atoms with E-state index in [4.69, 9.17) is 0 Å². The summed E-state index contributed by atoms with van der Waals surface area (Å²) in [5.74, 6) is 0.336. The predicted molar refractivity (Wildman–Crippen MR) is 96.5 cm³/mol. The number of amides is 1. The van der Waals surface area contributed by atoms with Gasteiger partial charge in [-0.3, -0.25) is 19.6 Å². The molecule has 3 aliphatic rings. The smallest absolute Gasteiger partial charge is 0.236 e. The van der Waals surface area contributed by atoms with Crippen LogP contribution in [0.2, 0.25) is 0 Å². The number of carbonyl (C=O) groups excluding carboxylic acids is 1. The molecular weight excluding hydrogens is 368 g/mol. The molecule has 1 aromatic heterocycles. The third-order valence-corrected chi connectivity index (χ3v) is 6.14. The van der Waals surface area contributed by atoms with Crippen LogP contribution in [-0.2, 0) is 11.3 Å². The zero-order chi connectivity index (χ0) is 16.5. The van der Waals surface area contributed by atoms with Gasteiger partial charge >= 0.3 is 0 Å². The van der Waals surface area contributed by atoms with Crippen LogP contribution < -0.4 is 0 Å². The summed E-state index contributed by atoms with van der Waals surface area (Å²) < 4.78 is 1.02. The van der Waals surface area contributed by atoms with Crippen LogP contribution in [0.4, 0.5) is 0 Å². The van der Waals surface area contributed by atoms with Gasteiger partial charge in [-0.25, -0.2) is 0 Å². The molecule has 0 spiro atoms. The van der Waals surface area contributed by atoms with E-state index in [2.05, 4.69) is 47.7 Å². The molecule has 0 aromatic carbocycles. The van der Waals surface area contributed by atoms with Gasteiger partial charge in [-0.15, -0.1) is 0 Å². The van der Waals surface area contributed by atoms with Crippen molar-refractivity contribution in [1.29, 1.82) is 0 Å². The number of hydrogen-bond donors (Lipinski definition) is 0. The van der Waals surface area contributed by atoms with E-state index in [0.717, 1.165) is 42.9 Å². The molecule has 24 heavy (non-hydrogen) atoms. The normalized spacial score (nSPS) is 27.8. The first-order chi connectivity index (χ1) is 11.7. The zero-order valence-corrected chi connectivity index (χ0v) is 15.6. The first kappa shape index (κ1) is 16.5. The quantitative estimate of drug-likeness (QED) is 0.786. The van der Waals surface area contributed by atoms with Crippen molar-refractivity contribution in [2.45, 2.75) is 44.3 Å². The van der Waals surface area contributed by atoms with Gasteiger partial charge in [0, 0.05) is 55.5 Å². The second-order valence-corrected chi connectivity index (χ2v) is 8.23. The molecule has 1 amide bonds. The number of piperazine rings is 1. The SMILES string of the molecule is O=C(CN1CC2CC1CN2Cc1ccc(Br)cn1)N1CCCCC1. The molecule has 3 fully saturated rings. The lowest BCUT2D eigenvalue weighted by atomic mass is 10.1. The van der Waals surface area contributed by atoms with Crippen molar-refractivity contribution in [3.63, 3.8) is 0 Å². The lowest BCUT2D eigenvalue weighted by Gasteiger charge is -2.35. The number of aromatic nitrogens is 1. The molecule has 3 aliphatic heterocycles. The number of nitrogens with zero attached hydrogens (tertiary/aromatic N) is 4. The molecule has 0 aliphatic carbocycles. The standard InChI is InChI=1S/C18H25BrN4O/c19-14-4-5-15(20-9-14)10-22-11-17-8-16(22)12-23(17)13-18(24)21-6-2-1-3-7-21/h4-5,9,16-17H,1-3,6-8,10-13H2. The Balaban J connectivity index is 1.29. The zero-order valence-electron chi connectivity index (χ0n) is 14.0. The maximum Gasteiger partial charge on any atom is 0.236 e. The fourth-order valence-corrected chi connectivity index (χ4v) is 4.58. The molecule has 5 nitrogen and oxygen atoms in total. The summed E-state index contributed by atoms with van der Waals surface area (Å²) in [6.45, 7) is 5.55. The molecule has 0 saturated carbocycles. The van der Waals surface area contributed by atoms with Crippen molar-refractivity contribution in [2.24, 2.45) is 0 Å².